The average molecular weight is 295 g/mol. The van der Waals surface area contributed by atoms with E-state index in [0.29, 0.717) is 28.8 Å². The summed E-state index contributed by atoms with van der Waals surface area (Å²) in [5.41, 5.74) is 1.91. The van der Waals surface area contributed by atoms with Crippen molar-refractivity contribution in [3.05, 3.63) is 40.7 Å². The van der Waals surface area contributed by atoms with Crippen molar-refractivity contribution < 1.29 is 4.74 Å². The molecule has 0 aromatic carbocycles. The minimum atomic E-state index is -0.198. The van der Waals surface area contributed by atoms with Crippen molar-refractivity contribution in [2.75, 3.05) is 7.11 Å². The van der Waals surface area contributed by atoms with Gasteiger partial charge < -0.3 is 9.72 Å². The van der Waals surface area contributed by atoms with Crippen molar-refractivity contribution in [2.45, 2.75) is 18.8 Å². The Morgan fingerprint density at radius 1 is 1.23 bits per heavy atom. The highest BCUT2D eigenvalue weighted by Crippen LogP contribution is 2.44. The first-order valence-electron chi connectivity index (χ1n) is 7.01. The Hall–Kier alpha value is -2.83. The van der Waals surface area contributed by atoms with Gasteiger partial charge in [0.2, 0.25) is 11.4 Å². The second-order valence-electron chi connectivity index (χ2n) is 5.24. The van der Waals surface area contributed by atoms with Crippen molar-refractivity contribution in [2.24, 2.45) is 0 Å². The molecule has 0 unspecified atom stereocenters. The lowest BCUT2D eigenvalue weighted by molar-refractivity contribution is 0.397. The highest BCUT2D eigenvalue weighted by atomic mass is 16.5. The van der Waals surface area contributed by atoms with E-state index in [9.17, 15) is 4.79 Å². The van der Waals surface area contributed by atoms with Crippen LogP contribution in [-0.2, 0) is 0 Å². The largest absolute Gasteiger partial charge is 0.480 e. The van der Waals surface area contributed by atoms with Crippen LogP contribution in [0.1, 0.15) is 24.5 Å². The van der Waals surface area contributed by atoms with Crippen LogP contribution in [0.2, 0.25) is 0 Å². The molecule has 3 aromatic rings. The van der Waals surface area contributed by atoms with Crippen LogP contribution in [0.15, 0.2) is 29.5 Å². The van der Waals surface area contributed by atoms with E-state index in [1.54, 1.807) is 19.4 Å². The third-order valence-electron chi connectivity index (χ3n) is 3.70. The highest BCUT2D eigenvalue weighted by Gasteiger charge is 2.31. The number of fused-ring (bicyclic) bond motifs is 1. The molecule has 0 saturated heterocycles. The molecule has 0 radical (unpaired) electrons. The van der Waals surface area contributed by atoms with Crippen molar-refractivity contribution in [1.82, 2.24) is 24.9 Å². The maximum absolute atomic E-state index is 11.5. The smallest absolute Gasteiger partial charge is 0.249 e. The van der Waals surface area contributed by atoms with Crippen LogP contribution in [0.3, 0.4) is 0 Å². The lowest BCUT2D eigenvalue weighted by Crippen LogP contribution is -2.06. The molecule has 4 rings (SSSR count). The quantitative estimate of drug-likeness (QED) is 0.789. The average Bonchev–Trinajstić information content (AvgIpc) is 3.38. The van der Waals surface area contributed by atoms with Gasteiger partial charge in [-0.1, -0.05) is 0 Å². The van der Waals surface area contributed by atoms with Gasteiger partial charge in [-0.2, -0.15) is 0 Å². The molecule has 1 aliphatic rings. The van der Waals surface area contributed by atoms with Gasteiger partial charge >= 0.3 is 0 Å². The summed E-state index contributed by atoms with van der Waals surface area (Å²) in [7, 11) is 1.56. The summed E-state index contributed by atoms with van der Waals surface area (Å²) < 4.78 is 5.35. The second-order valence-corrected chi connectivity index (χ2v) is 5.24. The van der Waals surface area contributed by atoms with E-state index in [-0.39, 0.29) is 5.56 Å². The van der Waals surface area contributed by atoms with Crippen LogP contribution in [0.4, 0.5) is 0 Å². The zero-order chi connectivity index (χ0) is 15.1. The first-order valence-corrected chi connectivity index (χ1v) is 7.01. The van der Waals surface area contributed by atoms with E-state index in [1.807, 2.05) is 0 Å². The number of pyridine rings is 1. The number of rotatable bonds is 3. The van der Waals surface area contributed by atoms with Crippen molar-refractivity contribution >= 4 is 11.0 Å². The predicted octanol–water partition coefficient (Wildman–Crippen LogP) is 1.66. The van der Waals surface area contributed by atoms with Crippen LogP contribution in [-0.4, -0.2) is 32.0 Å². The zero-order valence-electron chi connectivity index (χ0n) is 11.9. The molecule has 1 aliphatic carbocycles. The van der Waals surface area contributed by atoms with Crippen LogP contribution >= 0.6 is 0 Å². The monoisotopic (exact) mass is 295 g/mol. The molecule has 3 aromatic heterocycles. The number of H-pyrrole nitrogens is 1. The van der Waals surface area contributed by atoms with Gasteiger partial charge in [0.05, 0.1) is 12.8 Å². The van der Waals surface area contributed by atoms with Crippen molar-refractivity contribution in [3.63, 3.8) is 0 Å². The number of aromatic amines is 1. The Kier molecular flexibility index (Phi) is 2.85. The maximum atomic E-state index is 11.5. The first kappa shape index (κ1) is 12.9. The fourth-order valence-corrected chi connectivity index (χ4v) is 2.47. The number of nitrogens with zero attached hydrogens (tertiary/aromatic N) is 4. The zero-order valence-corrected chi connectivity index (χ0v) is 11.9. The van der Waals surface area contributed by atoms with Crippen molar-refractivity contribution in [3.8, 4) is 17.3 Å². The molecule has 7 heteroatoms. The van der Waals surface area contributed by atoms with Gasteiger partial charge in [0.1, 0.15) is 17.5 Å². The van der Waals surface area contributed by atoms with E-state index in [2.05, 4.69) is 24.9 Å². The summed E-state index contributed by atoms with van der Waals surface area (Å²) in [5, 5.41) is 0.770. The molecule has 22 heavy (non-hydrogen) atoms. The minimum Gasteiger partial charge on any atom is -0.480 e. The van der Waals surface area contributed by atoms with Crippen LogP contribution in [0.25, 0.3) is 22.4 Å². The molecule has 3 heterocycles. The number of hydrogen-bond acceptors (Lipinski definition) is 6. The Morgan fingerprint density at radius 2 is 2.09 bits per heavy atom. The summed E-state index contributed by atoms with van der Waals surface area (Å²) in [6.07, 6.45) is 5.37. The van der Waals surface area contributed by atoms with E-state index >= 15 is 0 Å². The summed E-state index contributed by atoms with van der Waals surface area (Å²) in [6, 6.07) is 3.14. The highest BCUT2D eigenvalue weighted by molar-refractivity contribution is 5.77. The van der Waals surface area contributed by atoms with Gasteiger partial charge in [0.25, 0.3) is 0 Å². The molecule has 1 fully saturated rings. The lowest BCUT2D eigenvalue weighted by Gasteiger charge is -2.10. The number of hydrogen-bond donors (Lipinski definition) is 1. The minimum absolute atomic E-state index is 0.198. The summed E-state index contributed by atoms with van der Waals surface area (Å²) >= 11 is 0. The summed E-state index contributed by atoms with van der Waals surface area (Å²) in [5.74, 6) is 1.32. The molecule has 0 aliphatic heterocycles. The topological polar surface area (TPSA) is 93.6 Å². The maximum Gasteiger partial charge on any atom is 0.249 e. The van der Waals surface area contributed by atoms with Crippen LogP contribution in [0, 0.1) is 0 Å². The number of ether oxygens (including phenoxy) is 1. The Balaban J connectivity index is 1.96. The van der Waals surface area contributed by atoms with Crippen LogP contribution in [0.5, 0.6) is 5.88 Å². The molecule has 110 valence electrons. The van der Waals surface area contributed by atoms with Crippen LogP contribution < -0.4 is 10.3 Å². The normalized spacial score (nSPS) is 14.2. The van der Waals surface area contributed by atoms with Gasteiger partial charge in [0, 0.05) is 23.6 Å². The SMILES string of the molecule is COc1ncnc(C2CC2)c1-c1ncc2ccc(=O)[nH]c2n1. The predicted molar refractivity (Wildman–Crippen MR) is 79.7 cm³/mol. The Morgan fingerprint density at radius 3 is 2.86 bits per heavy atom. The van der Waals surface area contributed by atoms with Gasteiger partial charge in [0.15, 0.2) is 5.82 Å². The van der Waals surface area contributed by atoms with Gasteiger partial charge in [-0.25, -0.2) is 19.9 Å². The molecular formula is C15H13N5O2. The third-order valence-corrected chi connectivity index (χ3v) is 3.70. The summed E-state index contributed by atoms with van der Waals surface area (Å²) in [4.78, 5) is 31.6. The Bertz CT molecular complexity index is 917. The van der Waals surface area contributed by atoms with Gasteiger partial charge in [-0.15, -0.1) is 0 Å². The number of aromatic nitrogens is 5. The third kappa shape index (κ3) is 2.11. The molecule has 0 bridgehead atoms. The fraction of sp³-hybridized carbons (Fsp3) is 0.267. The van der Waals surface area contributed by atoms with E-state index < -0.39 is 0 Å². The van der Waals surface area contributed by atoms with E-state index in [4.69, 9.17) is 4.74 Å². The molecule has 1 saturated carbocycles. The molecule has 0 amide bonds. The number of methoxy groups -OCH3 is 1. The first-order chi connectivity index (χ1) is 10.8. The van der Waals surface area contributed by atoms with Gasteiger partial charge in [-0.3, -0.25) is 4.79 Å². The fourth-order valence-electron chi connectivity index (χ4n) is 2.47. The van der Waals surface area contributed by atoms with Gasteiger partial charge in [-0.05, 0) is 18.9 Å². The standard InChI is InChI=1S/C15H13N5O2/c1-22-15-11(12(8-2-3-8)17-7-18-15)14-16-6-9-4-5-10(21)19-13(9)20-14/h4-8H,2-3H2,1H3,(H,16,19,20,21). The Labute approximate surface area is 125 Å². The molecule has 0 atom stereocenters. The van der Waals surface area contributed by atoms with E-state index in [1.165, 1.54) is 12.4 Å². The molecule has 7 nitrogen and oxygen atoms in total. The second kappa shape index (κ2) is 4.87. The van der Waals surface area contributed by atoms with E-state index in [0.717, 1.165) is 23.9 Å². The molecular weight excluding hydrogens is 282 g/mol. The summed E-state index contributed by atoms with van der Waals surface area (Å²) in [6.45, 7) is 0. The molecule has 1 N–H and O–H groups in total. The van der Waals surface area contributed by atoms with Crippen molar-refractivity contribution in [1.29, 1.82) is 0 Å². The number of nitrogens with one attached hydrogen (secondary N) is 1. The molecule has 0 spiro atoms. The lowest BCUT2D eigenvalue weighted by atomic mass is 10.1.